The van der Waals surface area contributed by atoms with Crippen molar-refractivity contribution in [1.82, 2.24) is 0 Å². The molecule has 0 aromatic carbocycles. The summed E-state index contributed by atoms with van der Waals surface area (Å²) >= 11 is 0. The van der Waals surface area contributed by atoms with Crippen LogP contribution in [0.4, 0.5) is 0 Å². The molecular weight excluding hydrogens is 352 g/mol. The highest BCUT2D eigenvalue weighted by Gasteiger charge is 2.56. The van der Waals surface area contributed by atoms with Crippen LogP contribution in [0.3, 0.4) is 0 Å². The number of hydrogen-bond acceptors (Lipinski definition) is 1. The number of aliphatic hydroxyl groups excluding tert-OH is 1. The Morgan fingerprint density at radius 3 is 2.55 bits per heavy atom. The molecule has 0 bridgehead atoms. The Kier molecular flexibility index (Phi) is 5.52. The van der Waals surface area contributed by atoms with Crippen molar-refractivity contribution in [1.29, 1.82) is 0 Å². The molecule has 0 amide bonds. The third-order valence-electron chi connectivity index (χ3n) is 9.61. The van der Waals surface area contributed by atoms with Crippen LogP contribution in [-0.4, -0.2) is 11.2 Å². The number of fused-ring (bicyclic) bond motifs is 5. The molecule has 4 aliphatic rings. The third kappa shape index (κ3) is 3.42. The molecule has 160 valence electrons. The largest absolute Gasteiger partial charge is 0.393 e. The van der Waals surface area contributed by atoms with Crippen LogP contribution in [0.5, 0.6) is 0 Å². The Labute approximate surface area is 179 Å². The molecule has 3 fully saturated rings. The number of aliphatic hydroxyl groups is 1. The van der Waals surface area contributed by atoms with Crippen LogP contribution in [0.2, 0.25) is 0 Å². The zero-order valence-electron chi connectivity index (χ0n) is 19.4. The SMILES string of the molecule is C=C(/C=C/[C@@H](C)[C@H]1CC[C@H]2C3=CC=C4CC(O)CC[C@]4(C)[C@H]3CC[C@]12C)C(C)C. The summed E-state index contributed by atoms with van der Waals surface area (Å²) in [5.41, 5.74) is 5.25. The smallest absolute Gasteiger partial charge is 0.0578 e. The molecule has 0 heterocycles. The molecule has 1 unspecified atom stereocenters. The first-order valence-corrected chi connectivity index (χ1v) is 12.1. The molecule has 0 aliphatic heterocycles. The quantitative estimate of drug-likeness (QED) is 0.498. The minimum atomic E-state index is -0.123. The summed E-state index contributed by atoms with van der Waals surface area (Å²) in [6.45, 7) is 16.2. The van der Waals surface area contributed by atoms with E-state index < -0.39 is 0 Å². The second-order valence-corrected chi connectivity index (χ2v) is 11.5. The second kappa shape index (κ2) is 7.56. The molecule has 3 saturated carbocycles. The first-order chi connectivity index (χ1) is 13.7. The van der Waals surface area contributed by atoms with Gasteiger partial charge in [-0.2, -0.15) is 0 Å². The van der Waals surface area contributed by atoms with Gasteiger partial charge in [0.1, 0.15) is 0 Å². The number of allylic oxidation sites excluding steroid dienone is 6. The van der Waals surface area contributed by atoms with Crippen LogP contribution in [0.1, 0.15) is 79.6 Å². The highest BCUT2D eigenvalue weighted by Crippen LogP contribution is 2.65. The first kappa shape index (κ1) is 21.2. The average molecular weight is 395 g/mol. The Hall–Kier alpha value is -1.08. The van der Waals surface area contributed by atoms with Crippen molar-refractivity contribution >= 4 is 0 Å². The zero-order chi connectivity index (χ0) is 21.0. The lowest BCUT2D eigenvalue weighted by Gasteiger charge is -2.55. The molecular formula is C28H42O. The van der Waals surface area contributed by atoms with Gasteiger partial charge < -0.3 is 5.11 Å². The van der Waals surface area contributed by atoms with Crippen LogP contribution in [-0.2, 0) is 0 Å². The van der Waals surface area contributed by atoms with Crippen LogP contribution >= 0.6 is 0 Å². The molecule has 4 rings (SSSR count). The van der Waals surface area contributed by atoms with E-state index in [1.807, 2.05) is 0 Å². The second-order valence-electron chi connectivity index (χ2n) is 11.5. The third-order valence-corrected chi connectivity index (χ3v) is 9.61. The summed E-state index contributed by atoms with van der Waals surface area (Å²) in [5, 5.41) is 10.2. The van der Waals surface area contributed by atoms with Crippen LogP contribution < -0.4 is 0 Å². The molecule has 7 atom stereocenters. The lowest BCUT2D eigenvalue weighted by Crippen LogP contribution is -2.46. The minimum Gasteiger partial charge on any atom is -0.393 e. The zero-order valence-corrected chi connectivity index (χ0v) is 19.4. The van der Waals surface area contributed by atoms with Gasteiger partial charge in [-0.05, 0) is 85.4 Å². The van der Waals surface area contributed by atoms with E-state index in [2.05, 4.69) is 65.5 Å². The fourth-order valence-electron chi connectivity index (χ4n) is 7.49. The Morgan fingerprint density at radius 1 is 1.07 bits per heavy atom. The van der Waals surface area contributed by atoms with Crippen LogP contribution in [0, 0.1) is 40.4 Å². The van der Waals surface area contributed by atoms with E-state index in [1.54, 1.807) is 5.57 Å². The van der Waals surface area contributed by atoms with E-state index >= 15 is 0 Å². The molecule has 4 aliphatic carbocycles. The van der Waals surface area contributed by atoms with E-state index in [1.165, 1.54) is 36.8 Å². The maximum absolute atomic E-state index is 10.2. The van der Waals surface area contributed by atoms with E-state index in [0.29, 0.717) is 28.6 Å². The van der Waals surface area contributed by atoms with Gasteiger partial charge in [0.05, 0.1) is 6.10 Å². The number of hydrogen-bond donors (Lipinski definition) is 1. The number of rotatable bonds is 4. The molecule has 1 heteroatoms. The van der Waals surface area contributed by atoms with Crippen molar-refractivity contribution in [2.24, 2.45) is 40.4 Å². The van der Waals surface area contributed by atoms with Crippen molar-refractivity contribution in [3.05, 3.63) is 47.6 Å². The molecule has 1 nitrogen and oxygen atoms in total. The maximum Gasteiger partial charge on any atom is 0.0578 e. The van der Waals surface area contributed by atoms with Crippen molar-refractivity contribution in [3.8, 4) is 0 Å². The highest BCUT2D eigenvalue weighted by molar-refractivity contribution is 5.39. The van der Waals surface area contributed by atoms with Gasteiger partial charge in [-0.1, -0.05) is 82.2 Å². The molecule has 1 N–H and O–H groups in total. The molecule has 0 spiro atoms. The Balaban J connectivity index is 1.57. The van der Waals surface area contributed by atoms with Crippen molar-refractivity contribution in [3.63, 3.8) is 0 Å². The average Bonchev–Trinajstić information content (AvgIpc) is 3.03. The van der Waals surface area contributed by atoms with Gasteiger partial charge >= 0.3 is 0 Å². The van der Waals surface area contributed by atoms with Gasteiger partial charge in [-0.3, -0.25) is 0 Å². The molecule has 29 heavy (non-hydrogen) atoms. The van der Waals surface area contributed by atoms with Gasteiger partial charge in [-0.25, -0.2) is 0 Å². The predicted molar refractivity (Wildman–Crippen MR) is 123 cm³/mol. The van der Waals surface area contributed by atoms with Gasteiger partial charge in [0.25, 0.3) is 0 Å². The van der Waals surface area contributed by atoms with Crippen molar-refractivity contribution in [2.75, 3.05) is 0 Å². The topological polar surface area (TPSA) is 20.2 Å². The fourth-order valence-corrected chi connectivity index (χ4v) is 7.49. The van der Waals surface area contributed by atoms with Crippen molar-refractivity contribution in [2.45, 2.75) is 85.7 Å². The lowest BCUT2D eigenvalue weighted by atomic mass is 9.50. The van der Waals surface area contributed by atoms with Gasteiger partial charge in [0.15, 0.2) is 0 Å². The van der Waals surface area contributed by atoms with E-state index in [0.717, 1.165) is 31.1 Å². The summed E-state index contributed by atoms with van der Waals surface area (Å²) in [4.78, 5) is 0. The standard InChI is InChI=1S/C28H42O/c1-18(2)19(3)7-8-20(4)24-11-12-25-23-10-9-21-17-22(29)13-15-27(21,5)26(23)14-16-28(24,25)6/h7-10,18,20,22,24-26,29H,3,11-17H2,1-2,4-6H3/b8-7+/t20-,22?,24-,25+,26+,27+,28-/m1/s1. The van der Waals surface area contributed by atoms with E-state index in [-0.39, 0.29) is 6.10 Å². The molecule has 0 aromatic heterocycles. The van der Waals surface area contributed by atoms with Crippen LogP contribution in [0.15, 0.2) is 47.6 Å². The maximum atomic E-state index is 10.2. The highest BCUT2D eigenvalue weighted by atomic mass is 16.3. The summed E-state index contributed by atoms with van der Waals surface area (Å²) in [6, 6.07) is 0. The Bertz CT molecular complexity index is 752. The molecule has 0 radical (unpaired) electrons. The van der Waals surface area contributed by atoms with Crippen molar-refractivity contribution < 1.29 is 5.11 Å². The van der Waals surface area contributed by atoms with Gasteiger partial charge in [-0.15, -0.1) is 0 Å². The van der Waals surface area contributed by atoms with E-state index in [9.17, 15) is 5.11 Å². The minimum absolute atomic E-state index is 0.123. The van der Waals surface area contributed by atoms with Crippen LogP contribution in [0.25, 0.3) is 0 Å². The summed E-state index contributed by atoms with van der Waals surface area (Å²) in [5.74, 6) is 3.38. The van der Waals surface area contributed by atoms with Gasteiger partial charge in [0, 0.05) is 0 Å². The van der Waals surface area contributed by atoms with Gasteiger partial charge in [0.2, 0.25) is 0 Å². The fraction of sp³-hybridized carbons (Fsp3) is 0.714. The summed E-state index contributed by atoms with van der Waals surface area (Å²) in [7, 11) is 0. The van der Waals surface area contributed by atoms with E-state index in [4.69, 9.17) is 0 Å². The molecule has 0 saturated heterocycles. The normalized spacial score (nSPS) is 42.7. The first-order valence-electron chi connectivity index (χ1n) is 12.1. The monoisotopic (exact) mass is 394 g/mol. The lowest BCUT2D eigenvalue weighted by molar-refractivity contribution is 0.0383. The summed E-state index contributed by atoms with van der Waals surface area (Å²) in [6.07, 6.45) is 17.9. The molecule has 0 aromatic rings. The Morgan fingerprint density at radius 2 is 1.83 bits per heavy atom. The summed E-state index contributed by atoms with van der Waals surface area (Å²) < 4.78 is 0. The predicted octanol–water partition coefficient (Wildman–Crippen LogP) is 7.25.